The lowest BCUT2D eigenvalue weighted by atomic mass is 10.0. The molecule has 1 unspecified atom stereocenters. The van der Waals surface area contributed by atoms with E-state index in [-0.39, 0.29) is 5.54 Å². The molecule has 74 valence electrons. The number of hydrogen-bond donors (Lipinski definition) is 1. The van der Waals surface area contributed by atoms with E-state index in [1.807, 2.05) is 13.8 Å². The molecule has 0 aliphatic carbocycles. The zero-order valence-electron chi connectivity index (χ0n) is 8.19. The summed E-state index contributed by atoms with van der Waals surface area (Å²) in [5.41, 5.74) is 6.42. The lowest BCUT2D eigenvalue weighted by Gasteiger charge is -2.18. The van der Waals surface area contributed by atoms with Gasteiger partial charge in [-0.3, -0.25) is 0 Å². The number of hydrogen-bond acceptors (Lipinski definition) is 5. The van der Waals surface area contributed by atoms with Gasteiger partial charge < -0.3 is 5.73 Å². The summed E-state index contributed by atoms with van der Waals surface area (Å²) < 4.78 is 0. The van der Waals surface area contributed by atoms with Gasteiger partial charge in [0.25, 0.3) is 0 Å². The smallest absolute Gasteiger partial charge is 0.189 e. The zero-order chi connectivity index (χ0) is 10.2. The zero-order valence-corrected chi connectivity index (χ0v) is 9.01. The molecule has 0 aliphatic rings. The predicted molar refractivity (Wildman–Crippen MR) is 57.0 cm³/mol. The molecule has 2 N–H and O–H groups in total. The van der Waals surface area contributed by atoms with E-state index >= 15 is 0 Å². The lowest BCUT2D eigenvalue weighted by molar-refractivity contribution is 0.474. The van der Waals surface area contributed by atoms with Gasteiger partial charge in [-0.05, 0) is 13.3 Å². The summed E-state index contributed by atoms with van der Waals surface area (Å²) in [7, 11) is 0. The molecule has 2 rings (SSSR count). The van der Waals surface area contributed by atoms with Gasteiger partial charge in [0.15, 0.2) is 10.5 Å². The number of nitrogens with two attached hydrogens (primary N) is 1. The average Bonchev–Trinajstić information content (AvgIpc) is 2.61. The standard InChI is InChI=1S/C9H12N4S/c1-3-9(2,10)8-13-6-7(14-8)12-5-4-11-6/h4-5H,3,10H2,1-2H3. The number of thiazole rings is 1. The Bertz CT molecular complexity index is 416. The second-order valence-electron chi connectivity index (χ2n) is 3.48. The van der Waals surface area contributed by atoms with Gasteiger partial charge in [0.2, 0.25) is 0 Å². The topological polar surface area (TPSA) is 64.7 Å². The van der Waals surface area contributed by atoms with E-state index in [1.165, 1.54) is 11.3 Å². The minimum Gasteiger partial charge on any atom is -0.320 e. The molecule has 0 fully saturated rings. The van der Waals surface area contributed by atoms with Crippen molar-refractivity contribution in [3.8, 4) is 0 Å². The third-order valence-electron chi connectivity index (χ3n) is 2.27. The molecule has 0 aliphatic heterocycles. The molecule has 0 amide bonds. The fourth-order valence-electron chi connectivity index (χ4n) is 1.07. The summed E-state index contributed by atoms with van der Waals surface area (Å²) in [5, 5.41) is 0.904. The first-order chi connectivity index (χ1) is 6.63. The van der Waals surface area contributed by atoms with Crippen LogP contribution in [0.3, 0.4) is 0 Å². The Balaban J connectivity index is 2.55. The molecule has 2 aromatic heterocycles. The van der Waals surface area contributed by atoms with Gasteiger partial charge in [0.1, 0.15) is 5.01 Å². The van der Waals surface area contributed by atoms with Gasteiger partial charge in [-0.25, -0.2) is 15.0 Å². The molecular weight excluding hydrogens is 196 g/mol. The average molecular weight is 208 g/mol. The Morgan fingerprint density at radius 3 is 2.79 bits per heavy atom. The fourth-order valence-corrected chi connectivity index (χ4v) is 2.07. The molecule has 0 saturated heterocycles. The molecule has 0 radical (unpaired) electrons. The Morgan fingerprint density at radius 2 is 2.14 bits per heavy atom. The number of rotatable bonds is 2. The highest BCUT2D eigenvalue weighted by Gasteiger charge is 2.23. The van der Waals surface area contributed by atoms with Crippen molar-refractivity contribution in [3.05, 3.63) is 17.4 Å². The van der Waals surface area contributed by atoms with Crippen LogP contribution in [-0.4, -0.2) is 15.0 Å². The minimum absolute atomic E-state index is 0.368. The molecule has 1 atom stereocenters. The summed E-state index contributed by atoms with van der Waals surface area (Å²) in [6.45, 7) is 4.03. The molecule has 5 heteroatoms. The molecule has 0 spiro atoms. The van der Waals surface area contributed by atoms with E-state index in [9.17, 15) is 0 Å². The first-order valence-electron chi connectivity index (χ1n) is 4.50. The van der Waals surface area contributed by atoms with Crippen LogP contribution in [0.2, 0.25) is 0 Å². The van der Waals surface area contributed by atoms with Gasteiger partial charge in [0.05, 0.1) is 5.54 Å². The van der Waals surface area contributed by atoms with Crippen LogP contribution in [0, 0.1) is 0 Å². The summed E-state index contributed by atoms with van der Waals surface area (Å²) >= 11 is 1.52. The van der Waals surface area contributed by atoms with Crippen LogP contribution < -0.4 is 5.73 Å². The van der Waals surface area contributed by atoms with E-state index in [0.29, 0.717) is 5.65 Å². The van der Waals surface area contributed by atoms with Crippen molar-refractivity contribution in [1.29, 1.82) is 0 Å². The summed E-state index contributed by atoms with van der Waals surface area (Å²) in [6.07, 6.45) is 4.17. The third-order valence-corrected chi connectivity index (χ3v) is 3.50. The maximum absolute atomic E-state index is 6.09. The van der Waals surface area contributed by atoms with Crippen molar-refractivity contribution in [1.82, 2.24) is 15.0 Å². The van der Waals surface area contributed by atoms with Gasteiger partial charge in [-0.15, -0.1) is 0 Å². The van der Waals surface area contributed by atoms with Gasteiger partial charge in [-0.1, -0.05) is 18.3 Å². The second kappa shape index (κ2) is 3.25. The first-order valence-corrected chi connectivity index (χ1v) is 5.32. The highest BCUT2D eigenvalue weighted by molar-refractivity contribution is 7.18. The van der Waals surface area contributed by atoms with Gasteiger partial charge >= 0.3 is 0 Å². The SMILES string of the molecule is CCC(C)(N)c1nc2nccnc2s1. The monoisotopic (exact) mass is 208 g/mol. The molecule has 0 saturated carbocycles. The van der Waals surface area contributed by atoms with Crippen LogP contribution >= 0.6 is 11.3 Å². The largest absolute Gasteiger partial charge is 0.320 e. The van der Waals surface area contributed by atoms with Crippen molar-refractivity contribution >= 4 is 21.8 Å². The fraction of sp³-hybridized carbons (Fsp3) is 0.444. The van der Waals surface area contributed by atoms with Crippen LogP contribution in [0.1, 0.15) is 25.3 Å². The highest BCUT2D eigenvalue weighted by Crippen LogP contribution is 2.27. The van der Waals surface area contributed by atoms with Crippen molar-refractivity contribution in [2.24, 2.45) is 5.73 Å². The minimum atomic E-state index is -0.368. The molecule has 0 aromatic carbocycles. The number of fused-ring (bicyclic) bond motifs is 1. The molecule has 14 heavy (non-hydrogen) atoms. The molecule has 4 nitrogen and oxygen atoms in total. The van der Waals surface area contributed by atoms with Crippen molar-refractivity contribution in [3.63, 3.8) is 0 Å². The van der Waals surface area contributed by atoms with E-state index in [4.69, 9.17) is 5.73 Å². The maximum Gasteiger partial charge on any atom is 0.189 e. The quantitative estimate of drug-likeness (QED) is 0.815. The second-order valence-corrected chi connectivity index (χ2v) is 4.45. The Morgan fingerprint density at radius 1 is 1.43 bits per heavy atom. The van der Waals surface area contributed by atoms with Crippen LogP contribution in [0.25, 0.3) is 10.5 Å². The van der Waals surface area contributed by atoms with Crippen molar-refractivity contribution in [2.45, 2.75) is 25.8 Å². The Hall–Kier alpha value is -1.07. The van der Waals surface area contributed by atoms with Crippen LogP contribution in [-0.2, 0) is 5.54 Å². The molecule has 2 aromatic rings. The number of aromatic nitrogens is 3. The van der Waals surface area contributed by atoms with E-state index in [2.05, 4.69) is 15.0 Å². The van der Waals surface area contributed by atoms with Gasteiger partial charge in [-0.2, -0.15) is 0 Å². The van der Waals surface area contributed by atoms with E-state index in [0.717, 1.165) is 16.3 Å². The number of nitrogens with zero attached hydrogens (tertiary/aromatic N) is 3. The van der Waals surface area contributed by atoms with Crippen molar-refractivity contribution < 1.29 is 0 Å². The first kappa shape index (κ1) is 9.48. The van der Waals surface area contributed by atoms with Crippen molar-refractivity contribution in [2.75, 3.05) is 0 Å². The van der Waals surface area contributed by atoms with E-state index in [1.54, 1.807) is 12.4 Å². The Labute approximate surface area is 86.2 Å². The predicted octanol–water partition coefficient (Wildman–Crippen LogP) is 1.67. The molecule has 2 heterocycles. The van der Waals surface area contributed by atoms with Crippen LogP contribution in [0.15, 0.2) is 12.4 Å². The van der Waals surface area contributed by atoms with Crippen LogP contribution in [0.5, 0.6) is 0 Å². The normalized spacial score (nSPS) is 15.6. The highest BCUT2D eigenvalue weighted by atomic mass is 32.1. The molecule has 0 bridgehead atoms. The summed E-state index contributed by atoms with van der Waals surface area (Å²) in [6, 6.07) is 0. The third kappa shape index (κ3) is 1.49. The maximum atomic E-state index is 6.09. The Kier molecular flexibility index (Phi) is 2.20. The van der Waals surface area contributed by atoms with Crippen LogP contribution in [0.4, 0.5) is 0 Å². The van der Waals surface area contributed by atoms with Gasteiger partial charge in [0, 0.05) is 12.4 Å². The summed E-state index contributed by atoms with van der Waals surface area (Å²) in [5.74, 6) is 0. The lowest BCUT2D eigenvalue weighted by Crippen LogP contribution is -2.31. The summed E-state index contributed by atoms with van der Waals surface area (Å²) in [4.78, 5) is 13.5. The molecular formula is C9H12N4S. The van der Waals surface area contributed by atoms with E-state index < -0.39 is 0 Å².